The number of rotatable bonds is 7. The zero-order chi connectivity index (χ0) is 11.8. The van der Waals surface area contributed by atoms with Gasteiger partial charge in [0.2, 0.25) is 5.91 Å². The van der Waals surface area contributed by atoms with Gasteiger partial charge < -0.3 is 19.7 Å². The predicted molar refractivity (Wildman–Crippen MR) is 61.4 cm³/mol. The summed E-state index contributed by atoms with van der Waals surface area (Å²) in [6.07, 6.45) is 1.50. The van der Waals surface area contributed by atoms with Gasteiger partial charge in [0.05, 0.1) is 26.2 Å². The largest absolute Gasteiger partial charge is 0.382 e. The van der Waals surface area contributed by atoms with Gasteiger partial charge in [0.1, 0.15) is 0 Å². The first-order chi connectivity index (χ1) is 7.75. The summed E-state index contributed by atoms with van der Waals surface area (Å²) < 4.78 is 10.1. The van der Waals surface area contributed by atoms with E-state index < -0.39 is 0 Å². The van der Waals surface area contributed by atoms with Crippen molar-refractivity contribution in [3.05, 3.63) is 0 Å². The lowest BCUT2D eigenvalue weighted by Gasteiger charge is -2.23. The quantitative estimate of drug-likeness (QED) is 0.619. The van der Waals surface area contributed by atoms with E-state index in [1.807, 2.05) is 11.9 Å². The van der Waals surface area contributed by atoms with Gasteiger partial charge in [-0.25, -0.2) is 0 Å². The van der Waals surface area contributed by atoms with E-state index in [1.165, 1.54) is 0 Å². The lowest BCUT2D eigenvalue weighted by molar-refractivity contribution is -0.132. The van der Waals surface area contributed by atoms with Crippen molar-refractivity contribution < 1.29 is 14.3 Å². The summed E-state index contributed by atoms with van der Waals surface area (Å²) in [5.41, 5.74) is 0. The smallest absolute Gasteiger partial charge is 0.224 e. The highest BCUT2D eigenvalue weighted by Gasteiger charge is 2.22. The maximum absolute atomic E-state index is 11.7. The van der Waals surface area contributed by atoms with Crippen LogP contribution in [0.15, 0.2) is 0 Å². The maximum Gasteiger partial charge on any atom is 0.224 e. The lowest BCUT2D eigenvalue weighted by Crippen LogP contribution is -2.38. The van der Waals surface area contributed by atoms with Crippen LogP contribution >= 0.6 is 0 Å². The molecule has 1 N–H and O–H groups in total. The van der Waals surface area contributed by atoms with Crippen molar-refractivity contribution in [2.24, 2.45) is 0 Å². The second-order valence-electron chi connectivity index (χ2n) is 4.01. The minimum absolute atomic E-state index is 0.158. The molecule has 1 saturated heterocycles. The van der Waals surface area contributed by atoms with E-state index in [4.69, 9.17) is 9.47 Å². The van der Waals surface area contributed by atoms with E-state index in [-0.39, 0.29) is 5.91 Å². The van der Waals surface area contributed by atoms with Crippen molar-refractivity contribution in [3.63, 3.8) is 0 Å². The van der Waals surface area contributed by atoms with Crippen molar-refractivity contribution in [1.82, 2.24) is 10.2 Å². The van der Waals surface area contributed by atoms with Crippen LogP contribution in [0.3, 0.4) is 0 Å². The highest BCUT2D eigenvalue weighted by atomic mass is 16.5. The van der Waals surface area contributed by atoms with Gasteiger partial charge in [-0.2, -0.15) is 0 Å². The Labute approximate surface area is 97.1 Å². The van der Waals surface area contributed by atoms with Crippen LogP contribution in [0.4, 0.5) is 0 Å². The fraction of sp³-hybridized carbons (Fsp3) is 0.909. The number of amides is 1. The third-order valence-corrected chi connectivity index (χ3v) is 2.87. The SMILES string of the molecule is COCCOCCC(=O)N(C)C1CCNC1. The molecular formula is C11H22N2O3. The molecule has 0 bridgehead atoms. The number of carbonyl (C=O) groups excluding carboxylic acids is 1. The molecule has 1 rings (SSSR count). The molecule has 0 aromatic carbocycles. The average Bonchev–Trinajstić information content (AvgIpc) is 2.81. The Kier molecular flexibility index (Phi) is 6.37. The summed E-state index contributed by atoms with van der Waals surface area (Å²) in [7, 11) is 3.50. The first-order valence-electron chi connectivity index (χ1n) is 5.78. The van der Waals surface area contributed by atoms with Gasteiger partial charge >= 0.3 is 0 Å². The molecule has 0 radical (unpaired) electrons. The molecule has 5 nitrogen and oxygen atoms in total. The summed E-state index contributed by atoms with van der Waals surface area (Å²) in [4.78, 5) is 13.6. The van der Waals surface area contributed by atoms with Crippen molar-refractivity contribution >= 4 is 5.91 Å². The molecule has 1 aliphatic rings. The van der Waals surface area contributed by atoms with E-state index in [9.17, 15) is 4.79 Å². The standard InChI is InChI=1S/C11H22N2O3/c1-13(10-3-5-12-9-10)11(14)4-6-16-8-7-15-2/h10,12H,3-9H2,1-2H3. The molecule has 0 aromatic heterocycles. The first kappa shape index (κ1) is 13.4. The minimum atomic E-state index is 0.158. The van der Waals surface area contributed by atoms with Gasteiger partial charge in [-0.05, 0) is 13.0 Å². The fourth-order valence-electron chi connectivity index (χ4n) is 1.75. The molecule has 0 aromatic rings. The molecule has 94 valence electrons. The maximum atomic E-state index is 11.7. The normalized spacial score (nSPS) is 20.0. The monoisotopic (exact) mass is 230 g/mol. The molecule has 5 heteroatoms. The summed E-state index contributed by atoms with van der Waals surface area (Å²) in [5, 5.41) is 3.25. The topological polar surface area (TPSA) is 50.8 Å². The lowest BCUT2D eigenvalue weighted by atomic mass is 10.2. The summed E-state index contributed by atoms with van der Waals surface area (Å²) >= 11 is 0. The predicted octanol–water partition coefficient (Wildman–Crippen LogP) is -0.140. The molecule has 1 heterocycles. The number of ether oxygens (including phenoxy) is 2. The van der Waals surface area contributed by atoms with Gasteiger partial charge in [0, 0.05) is 26.7 Å². The third kappa shape index (κ3) is 4.47. The summed E-state index contributed by atoms with van der Waals surface area (Å²) in [6.45, 7) is 3.53. The number of likely N-dealkylation sites (N-methyl/N-ethyl adjacent to an activating group) is 1. The van der Waals surface area contributed by atoms with Crippen LogP contribution in [-0.2, 0) is 14.3 Å². The number of nitrogens with zero attached hydrogens (tertiary/aromatic N) is 1. The number of methoxy groups -OCH3 is 1. The van der Waals surface area contributed by atoms with E-state index in [2.05, 4.69) is 5.32 Å². The zero-order valence-corrected chi connectivity index (χ0v) is 10.2. The first-order valence-corrected chi connectivity index (χ1v) is 5.78. The number of nitrogens with one attached hydrogen (secondary N) is 1. The number of carbonyl (C=O) groups is 1. The molecule has 1 unspecified atom stereocenters. The van der Waals surface area contributed by atoms with Crippen LogP contribution in [0, 0.1) is 0 Å². The Morgan fingerprint density at radius 2 is 2.25 bits per heavy atom. The van der Waals surface area contributed by atoms with Crippen LogP contribution in [0.25, 0.3) is 0 Å². The summed E-state index contributed by atoms with van der Waals surface area (Å²) in [6, 6.07) is 0.353. The molecule has 1 fully saturated rings. The van der Waals surface area contributed by atoms with Gasteiger partial charge in [-0.15, -0.1) is 0 Å². The van der Waals surface area contributed by atoms with E-state index >= 15 is 0 Å². The van der Waals surface area contributed by atoms with Crippen LogP contribution in [0.1, 0.15) is 12.8 Å². The Bertz CT molecular complexity index is 205. The Balaban J connectivity index is 2.09. The fourth-order valence-corrected chi connectivity index (χ4v) is 1.75. The average molecular weight is 230 g/mol. The second kappa shape index (κ2) is 7.60. The summed E-state index contributed by atoms with van der Waals surface area (Å²) in [5.74, 6) is 0.158. The van der Waals surface area contributed by atoms with Crippen LogP contribution < -0.4 is 5.32 Å². The van der Waals surface area contributed by atoms with E-state index in [0.717, 1.165) is 19.5 Å². The van der Waals surface area contributed by atoms with Crippen LogP contribution in [0.2, 0.25) is 0 Å². The van der Waals surface area contributed by atoms with Gasteiger partial charge in [-0.3, -0.25) is 4.79 Å². The molecule has 0 aliphatic carbocycles. The van der Waals surface area contributed by atoms with Crippen molar-refractivity contribution in [2.45, 2.75) is 18.9 Å². The second-order valence-corrected chi connectivity index (χ2v) is 4.01. The molecular weight excluding hydrogens is 208 g/mol. The molecule has 16 heavy (non-hydrogen) atoms. The molecule has 1 atom stereocenters. The van der Waals surface area contributed by atoms with Gasteiger partial charge in [0.25, 0.3) is 0 Å². The van der Waals surface area contributed by atoms with Crippen molar-refractivity contribution in [1.29, 1.82) is 0 Å². The number of hydrogen-bond acceptors (Lipinski definition) is 4. The van der Waals surface area contributed by atoms with Gasteiger partial charge in [0.15, 0.2) is 0 Å². The zero-order valence-electron chi connectivity index (χ0n) is 10.2. The molecule has 1 amide bonds. The molecule has 1 aliphatic heterocycles. The van der Waals surface area contributed by atoms with Crippen LogP contribution in [0.5, 0.6) is 0 Å². The van der Waals surface area contributed by atoms with E-state index in [1.54, 1.807) is 7.11 Å². The highest BCUT2D eigenvalue weighted by molar-refractivity contribution is 5.76. The van der Waals surface area contributed by atoms with Crippen molar-refractivity contribution in [2.75, 3.05) is 47.1 Å². The van der Waals surface area contributed by atoms with E-state index in [0.29, 0.717) is 32.3 Å². The Morgan fingerprint density at radius 3 is 2.88 bits per heavy atom. The third-order valence-electron chi connectivity index (χ3n) is 2.87. The molecule has 0 spiro atoms. The minimum Gasteiger partial charge on any atom is -0.382 e. The Morgan fingerprint density at radius 1 is 1.44 bits per heavy atom. The van der Waals surface area contributed by atoms with Crippen LogP contribution in [-0.4, -0.2) is 63.9 Å². The molecule has 0 saturated carbocycles. The number of hydrogen-bond donors (Lipinski definition) is 1. The highest BCUT2D eigenvalue weighted by Crippen LogP contribution is 2.07. The van der Waals surface area contributed by atoms with Crippen molar-refractivity contribution in [3.8, 4) is 0 Å². The van der Waals surface area contributed by atoms with Gasteiger partial charge in [-0.1, -0.05) is 0 Å². The Hall–Kier alpha value is -0.650.